The van der Waals surface area contributed by atoms with Gasteiger partial charge in [0.25, 0.3) is 5.91 Å². The molecule has 0 spiro atoms. The molecular weight excluding hydrogens is 440 g/mol. The first-order valence-electron chi connectivity index (χ1n) is 11.5. The number of aryl methyl sites for hydroxylation is 1. The van der Waals surface area contributed by atoms with Crippen LogP contribution in [0.3, 0.4) is 0 Å². The van der Waals surface area contributed by atoms with Crippen molar-refractivity contribution < 1.29 is 4.79 Å². The Bertz CT molecular complexity index is 1380. The highest BCUT2D eigenvalue weighted by Gasteiger charge is 2.25. The fraction of sp³-hybridized carbons (Fsp3) is 0.222. The van der Waals surface area contributed by atoms with Gasteiger partial charge in [-0.3, -0.25) is 9.78 Å². The number of carbonyl (C=O) groups excluding carboxylic acids is 1. The maximum atomic E-state index is 13.2. The summed E-state index contributed by atoms with van der Waals surface area (Å²) >= 11 is 0. The van der Waals surface area contributed by atoms with Crippen LogP contribution >= 0.6 is 0 Å². The number of imidazole rings is 1. The second kappa shape index (κ2) is 9.60. The topological polar surface area (TPSA) is 103 Å². The number of aromatic amines is 1. The summed E-state index contributed by atoms with van der Waals surface area (Å²) in [6.07, 6.45) is 4.93. The van der Waals surface area contributed by atoms with Crippen LogP contribution in [-0.4, -0.2) is 39.9 Å². The Hall–Kier alpha value is -4.17. The second-order valence-electron chi connectivity index (χ2n) is 9.01. The summed E-state index contributed by atoms with van der Waals surface area (Å²) in [4.78, 5) is 38.4. The second-order valence-corrected chi connectivity index (χ2v) is 9.01. The van der Waals surface area contributed by atoms with Gasteiger partial charge in [0.15, 0.2) is 5.82 Å². The lowest BCUT2D eigenvalue weighted by Gasteiger charge is -2.11. The number of nitroso groups, excluding NO2 is 1. The molecule has 0 bridgehead atoms. The predicted octanol–water partition coefficient (Wildman–Crippen LogP) is 5.21. The molecule has 1 amide bonds. The van der Waals surface area contributed by atoms with Gasteiger partial charge in [0.05, 0.1) is 11.4 Å². The van der Waals surface area contributed by atoms with E-state index in [0.29, 0.717) is 11.4 Å². The van der Waals surface area contributed by atoms with Crippen molar-refractivity contribution in [2.45, 2.75) is 25.4 Å². The molecule has 1 aliphatic carbocycles. The molecule has 0 radical (unpaired) electrons. The first-order valence-corrected chi connectivity index (χ1v) is 11.5. The quantitative estimate of drug-likeness (QED) is 0.364. The van der Waals surface area contributed by atoms with Crippen LogP contribution < -0.4 is 5.32 Å². The molecule has 2 N–H and O–H groups in total. The van der Waals surface area contributed by atoms with Crippen LogP contribution in [0.15, 0.2) is 72.2 Å². The number of nitrogens with zero attached hydrogens (tertiary/aromatic N) is 4. The Morgan fingerprint density at radius 1 is 1.11 bits per heavy atom. The molecule has 1 atom stereocenters. The largest absolute Gasteiger partial charge is 0.333 e. The van der Waals surface area contributed by atoms with Gasteiger partial charge < -0.3 is 15.2 Å². The summed E-state index contributed by atoms with van der Waals surface area (Å²) in [6.45, 7) is 0.777. The molecule has 0 aliphatic heterocycles. The third kappa shape index (κ3) is 4.74. The molecule has 2 aromatic carbocycles. The van der Waals surface area contributed by atoms with Gasteiger partial charge >= 0.3 is 0 Å². The van der Waals surface area contributed by atoms with Gasteiger partial charge in [-0.05, 0) is 74.0 Å². The Morgan fingerprint density at radius 3 is 2.71 bits per heavy atom. The average molecular weight is 467 g/mol. The number of anilines is 1. The van der Waals surface area contributed by atoms with Crippen molar-refractivity contribution in [3.05, 3.63) is 94.4 Å². The van der Waals surface area contributed by atoms with Gasteiger partial charge in [-0.15, -0.1) is 0 Å². The van der Waals surface area contributed by atoms with Crippen molar-refractivity contribution in [3.63, 3.8) is 0 Å². The minimum atomic E-state index is -0.320. The van der Waals surface area contributed by atoms with E-state index in [1.807, 2.05) is 68.7 Å². The zero-order chi connectivity index (χ0) is 24.4. The number of hydrogen-bond donors (Lipinski definition) is 2. The summed E-state index contributed by atoms with van der Waals surface area (Å²) in [5.74, 6) is -0.0994. The summed E-state index contributed by atoms with van der Waals surface area (Å²) in [6, 6.07) is 17.2. The number of carbonyl (C=O) groups is 1. The molecule has 1 aliphatic rings. The highest BCUT2D eigenvalue weighted by atomic mass is 16.3. The lowest BCUT2D eigenvalue weighted by Crippen LogP contribution is -2.15. The van der Waals surface area contributed by atoms with Crippen molar-refractivity contribution in [2.75, 3.05) is 19.4 Å². The van der Waals surface area contributed by atoms with Gasteiger partial charge in [0, 0.05) is 35.8 Å². The zero-order valence-electron chi connectivity index (χ0n) is 19.7. The van der Waals surface area contributed by atoms with Crippen molar-refractivity contribution in [1.82, 2.24) is 19.9 Å². The summed E-state index contributed by atoms with van der Waals surface area (Å²) in [7, 11) is 4.01. The van der Waals surface area contributed by atoms with E-state index in [1.165, 1.54) is 0 Å². The van der Waals surface area contributed by atoms with Crippen LogP contribution in [0.4, 0.5) is 5.69 Å². The maximum Gasteiger partial charge on any atom is 0.291 e. The van der Waals surface area contributed by atoms with Gasteiger partial charge in [-0.25, -0.2) is 4.98 Å². The van der Waals surface area contributed by atoms with E-state index in [9.17, 15) is 9.70 Å². The lowest BCUT2D eigenvalue weighted by molar-refractivity contribution is 0.101. The molecule has 0 saturated carbocycles. The molecule has 4 aromatic rings. The molecule has 176 valence electrons. The number of rotatable bonds is 7. The fourth-order valence-electron chi connectivity index (χ4n) is 4.57. The standard InChI is InChI=1S/C27H26N6O2/c1-33(2)16-17-4-3-5-21(14-17)29-27(34)26-30-24(18-10-12-28-13-11-18)25(31-26)20-6-8-22-19(15-20)7-9-23(22)32-35/h3-6,8,10-15,23H,7,9,16H2,1-2H3,(H,29,34)(H,30,31). The molecule has 0 saturated heterocycles. The van der Waals surface area contributed by atoms with Crippen LogP contribution in [0.25, 0.3) is 22.5 Å². The van der Waals surface area contributed by atoms with Crippen LogP contribution in [0, 0.1) is 4.91 Å². The van der Waals surface area contributed by atoms with Crippen molar-refractivity contribution in [1.29, 1.82) is 0 Å². The van der Waals surface area contributed by atoms with Gasteiger partial charge in [-0.1, -0.05) is 29.4 Å². The van der Waals surface area contributed by atoms with E-state index in [4.69, 9.17) is 4.98 Å². The first-order chi connectivity index (χ1) is 17.0. The van der Waals surface area contributed by atoms with Gasteiger partial charge in [0.2, 0.25) is 0 Å². The summed E-state index contributed by atoms with van der Waals surface area (Å²) in [5, 5.41) is 6.21. The predicted molar refractivity (Wildman–Crippen MR) is 136 cm³/mol. The van der Waals surface area contributed by atoms with Crippen LogP contribution in [-0.2, 0) is 13.0 Å². The van der Waals surface area contributed by atoms with Gasteiger partial charge in [0.1, 0.15) is 6.04 Å². The fourth-order valence-corrected chi connectivity index (χ4v) is 4.57. The molecule has 8 nitrogen and oxygen atoms in total. The number of pyridine rings is 1. The zero-order valence-corrected chi connectivity index (χ0v) is 19.7. The molecule has 0 fully saturated rings. The SMILES string of the molecule is CN(C)Cc1cccc(NC(=O)c2nc(-c3ccc4c(c3)CCC4N=O)c(-c3ccncc3)[nH]2)c1. The Morgan fingerprint density at radius 2 is 1.94 bits per heavy atom. The molecule has 1 unspecified atom stereocenters. The minimum Gasteiger partial charge on any atom is -0.333 e. The van der Waals surface area contributed by atoms with E-state index in [1.54, 1.807) is 12.4 Å². The number of nitrogens with one attached hydrogen (secondary N) is 2. The van der Waals surface area contributed by atoms with Crippen molar-refractivity contribution in [3.8, 4) is 22.5 Å². The van der Waals surface area contributed by atoms with Crippen LogP contribution in [0.5, 0.6) is 0 Å². The molecule has 2 aromatic heterocycles. The Labute approximate surface area is 203 Å². The number of fused-ring (bicyclic) bond motifs is 1. The van der Waals surface area contributed by atoms with Crippen molar-refractivity contribution >= 4 is 11.6 Å². The normalized spacial score (nSPS) is 14.7. The highest BCUT2D eigenvalue weighted by molar-refractivity contribution is 6.03. The molecular formula is C27H26N6O2. The van der Waals surface area contributed by atoms with E-state index < -0.39 is 0 Å². The average Bonchev–Trinajstić information content (AvgIpc) is 3.48. The van der Waals surface area contributed by atoms with E-state index >= 15 is 0 Å². The third-order valence-electron chi connectivity index (χ3n) is 6.16. The van der Waals surface area contributed by atoms with Gasteiger partial charge in [-0.2, -0.15) is 4.91 Å². The minimum absolute atomic E-state index is 0.220. The first kappa shape index (κ1) is 22.6. The van der Waals surface area contributed by atoms with E-state index in [-0.39, 0.29) is 17.8 Å². The molecule has 5 rings (SSSR count). The Balaban J connectivity index is 1.50. The molecule has 8 heteroatoms. The summed E-state index contributed by atoms with van der Waals surface area (Å²) < 4.78 is 0. The number of hydrogen-bond acceptors (Lipinski definition) is 6. The van der Waals surface area contributed by atoms with Crippen molar-refractivity contribution in [2.24, 2.45) is 5.18 Å². The van der Waals surface area contributed by atoms with E-state index in [0.717, 1.165) is 52.9 Å². The van der Waals surface area contributed by atoms with Crippen LogP contribution in [0.2, 0.25) is 0 Å². The smallest absolute Gasteiger partial charge is 0.291 e. The number of H-pyrrole nitrogens is 1. The number of amides is 1. The summed E-state index contributed by atoms with van der Waals surface area (Å²) in [5.41, 5.74) is 7.05. The maximum absolute atomic E-state index is 13.2. The molecule has 2 heterocycles. The third-order valence-corrected chi connectivity index (χ3v) is 6.16. The van der Waals surface area contributed by atoms with E-state index in [2.05, 4.69) is 25.4 Å². The monoisotopic (exact) mass is 466 g/mol. The van der Waals surface area contributed by atoms with Crippen LogP contribution in [0.1, 0.15) is 39.8 Å². The Kier molecular flexibility index (Phi) is 6.20. The number of aromatic nitrogens is 3. The lowest BCUT2D eigenvalue weighted by atomic mass is 10.0. The molecule has 35 heavy (non-hydrogen) atoms. The highest BCUT2D eigenvalue weighted by Crippen LogP contribution is 2.38. The number of benzene rings is 2.